The first-order valence-electron chi connectivity index (χ1n) is 9.75. The molecule has 1 unspecified atom stereocenters. The van der Waals surface area contributed by atoms with E-state index in [1.807, 2.05) is 31.2 Å². The van der Waals surface area contributed by atoms with Crippen LogP contribution in [0.4, 0.5) is 10.8 Å². The molecule has 2 aromatic carbocycles. The maximum atomic E-state index is 13.3. The van der Waals surface area contributed by atoms with E-state index in [2.05, 4.69) is 4.98 Å². The van der Waals surface area contributed by atoms with Crippen LogP contribution in [0, 0.1) is 5.92 Å². The molecule has 30 heavy (non-hydrogen) atoms. The standard InChI is InChI=1S/C22H23N3O4S/c1-4-24(22-23-16-7-5-6-8-19(16)30-22)21(27)14-11-20(26)25(13-14)15-9-10-17(28-2)18(12-15)29-3/h5-10,12,14H,4,11,13H2,1-3H3. The fraction of sp³-hybridized carbons (Fsp3) is 0.318. The quantitative estimate of drug-likeness (QED) is 0.602. The van der Waals surface area contributed by atoms with Gasteiger partial charge in [-0.25, -0.2) is 4.98 Å². The zero-order valence-corrected chi connectivity index (χ0v) is 17.9. The predicted molar refractivity (Wildman–Crippen MR) is 118 cm³/mol. The number of benzene rings is 2. The molecule has 0 saturated carbocycles. The first kappa shape index (κ1) is 20.2. The minimum atomic E-state index is -0.419. The van der Waals surface area contributed by atoms with Crippen molar-refractivity contribution in [2.75, 3.05) is 37.1 Å². The van der Waals surface area contributed by atoms with Gasteiger partial charge in [0, 0.05) is 31.3 Å². The van der Waals surface area contributed by atoms with Crippen molar-refractivity contribution in [3.63, 3.8) is 0 Å². The van der Waals surface area contributed by atoms with E-state index in [0.717, 1.165) is 10.2 Å². The van der Waals surface area contributed by atoms with E-state index in [1.54, 1.807) is 42.2 Å². The number of methoxy groups -OCH3 is 2. The number of aromatic nitrogens is 1. The Morgan fingerprint density at radius 1 is 1.20 bits per heavy atom. The first-order chi connectivity index (χ1) is 14.5. The van der Waals surface area contributed by atoms with Crippen LogP contribution in [0.1, 0.15) is 13.3 Å². The SMILES string of the molecule is CCN(C(=O)C1CC(=O)N(c2ccc(OC)c(OC)c2)C1)c1nc2ccccc2s1. The van der Waals surface area contributed by atoms with Crippen LogP contribution in [0.3, 0.4) is 0 Å². The monoisotopic (exact) mass is 425 g/mol. The highest BCUT2D eigenvalue weighted by molar-refractivity contribution is 7.22. The summed E-state index contributed by atoms with van der Waals surface area (Å²) >= 11 is 1.49. The van der Waals surface area contributed by atoms with E-state index in [0.29, 0.717) is 35.4 Å². The smallest absolute Gasteiger partial charge is 0.234 e. The molecule has 1 aliphatic rings. The van der Waals surface area contributed by atoms with Gasteiger partial charge in [-0.3, -0.25) is 14.5 Å². The largest absolute Gasteiger partial charge is 0.493 e. The minimum absolute atomic E-state index is 0.0760. The number of amides is 2. The molecular weight excluding hydrogens is 402 g/mol. The molecule has 1 aromatic heterocycles. The lowest BCUT2D eigenvalue weighted by Crippen LogP contribution is -2.37. The van der Waals surface area contributed by atoms with Gasteiger partial charge in [-0.05, 0) is 31.2 Å². The molecule has 3 aromatic rings. The second-order valence-electron chi connectivity index (χ2n) is 6.99. The Hall–Kier alpha value is -3.13. The fourth-order valence-electron chi connectivity index (χ4n) is 3.70. The molecule has 156 valence electrons. The van der Waals surface area contributed by atoms with Crippen molar-refractivity contribution >= 4 is 44.2 Å². The first-order valence-corrected chi connectivity index (χ1v) is 10.6. The highest BCUT2D eigenvalue weighted by Crippen LogP contribution is 2.35. The number of para-hydroxylation sites is 1. The lowest BCUT2D eigenvalue weighted by Gasteiger charge is -2.22. The van der Waals surface area contributed by atoms with Gasteiger partial charge < -0.3 is 14.4 Å². The van der Waals surface area contributed by atoms with E-state index in [1.165, 1.54) is 11.3 Å². The number of rotatable bonds is 6. The Morgan fingerprint density at radius 3 is 2.67 bits per heavy atom. The summed E-state index contributed by atoms with van der Waals surface area (Å²) < 4.78 is 11.6. The molecule has 2 heterocycles. The van der Waals surface area contributed by atoms with Crippen molar-refractivity contribution in [1.29, 1.82) is 0 Å². The second-order valence-corrected chi connectivity index (χ2v) is 8.00. The van der Waals surface area contributed by atoms with Crippen molar-refractivity contribution < 1.29 is 19.1 Å². The number of carbonyl (C=O) groups excluding carboxylic acids is 2. The third-order valence-corrected chi connectivity index (χ3v) is 6.31. The van der Waals surface area contributed by atoms with E-state index in [9.17, 15) is 9.59 Å². The summed E-state index contributed by atoms with van der Waals surface area (Å²) in [5.41, 5.74) is 1.56. The number of ether oxygens (including phenoxy) is 2. The van der Waals surface area contributed by atoms with Gasteiger partial charge in [-0.2, -0.15) is 0 Å². The zero-order chi connectivity index (χ0) is 21.3. The predicted octanol–water partition coefficient (Wildman–Crippen LogP) is 3.72. The molecule has 0 bridgehead atoms. The number of thiazole rings is 1. The molecule has 7 nitrogen and oxygen atoms in total. The van der Waals surface area contributed by atoms with Crippen LogP contribution < -0.4 is 19.3 Å². The molecular formula is C22H23N3O4S. The van der Waals surface area contributed by atoms with E-state index >= 15 is 0 Å². The van der Waals surface area contributed by atoms with Gasteiger partial charge in [0.2, 0.25) is 11.8 Å². The van der Waals surface area contributed by atoms with Crippen LogP contribution in [0.15, 0.2) is 42.5 Å². The normalized spacial score (nSPS) is 16.2. The van der Waals surface area contributed by atoms with Gasteiger partial charge in [0.05, 0.1) is 30.4 Å². The van der Waals surface area contributed by atoms with E-state index in [-0.39, 0.29) is 18.2 Å². The fourth-order valence-corrected chi connectivity index (χ4v) is 4.73. The number of hydrogen-bond acceptors (Lipinski definition) is 6. The Kier molecular flexibility index (Phi) is 5.59. The third-order valence-electron chi connectivity index (χ3n) is 5.25. The van der Waals surface area contributed by atoms with Crippen LogP contribution in [0.5, 0.6) is 11.5 Å². The third kappa shape index (κ3) is 3.59. The van der Waals surface area contributed by atoms with Crippen molar-refractivity contribution in [3.05, 3.63) is 42.5 Å². The van der Waals surface area contributed by atoms with Crippen molar-refractivity contribution in [2.24, 2.45) is 5.92 Å². The molecule has 1 aliphatic heterocycles. The summed E-state index contributed by atoms with van der Waals surface area (Å²) in [5, 5.41) is 0.667. The molecule has 1 fully saturated rings. The summed E-state index contributed by atoms with van der Waals surface area (Å²) in [6, 6.07) is 13.1. The van der Waals surface area contributed by atoms with Crippen LogP contribution in [0.2, 0.25) is 0 Å². The van der Waals surface area contributed by atoms with Crippen LogP contribution in [0.25, 0.3) is 10.2 Å². The molecule has 0 radical (unpaired) electrons. The van der Waals surface area contributed by atoms with Gasteiger partial charge >= 0.3 is 0 Å². The molecule has 0 spiro atoms. The summed E-state index contributed by atoms with van der Waals surface area (Å²) in [6.45, 7) is 2.75. The molecule has 2 amide bonds. The lowest BCUT2D eigenvalue weighted by molar-refractivity contribution is -0.124. The molecule has 1 atom stereocenters. The lowest BCUT2D eigenvalue weighted by atomic mass is 10.1. The molecule has 1 saturated heterocycles. The number of nitrogens with zero attached hydrogens (tertiary/aromatic N) is 3. The van der Waals surface area contributed by atoms with Gasteiger partial charge in [-0.1, -0.05) is 23.5 Å². The van der Waals surface area contributed by atoms with E-state index in [4.69, 9.17) is 9.47 Å². The minimum Gasteiger partial charge on any atom is -0.493 e. The summed E-state index contributed by atoms with van der Waals surface area (Å²) in [5.74, 6) is 0.558. The van der Waals surface area contributed by atoms with Crippen LogP contribution in [-0.4, -0.2) is 44.1 Å². The number of hydrogen-bond donors (Lipinski definition) is 0. The zero-order valence-electron chi connectivity index (χ0n) is 17.1. The maximum absolute atomic E-state index is 13.3. The Morgan fingerprint density at radius 2 is 1.97 bits per heavy atom. The van der Waals surface area contributed by atoms with Gasteiger partial charge in [0.15, 0.2) is 16.6 Å². The van der Waals surface area contributed by atoms with E-state index < -0.39 is 5.92 Å². The topological polar surface area (TPSA) is 72.0 Å². The average molecular weight is 426 g/mol. The van der Waals surface area contributed by atoms with Crippen LogP contribution >= 0.6 is 11.3 Å². The number of anilines is 2. The second kappa shape index (κ2) is 8.31. The molecule has 8 heteroatoms. The average Bonchev–Trinajstić information content (AvgIpc) is 3.37. The Balaban J connectivity index is 1.56. The highest BCUT2D eigenvalue weighted by Gasteiger charge is 2.38. The van der Waals surface area contributed by atoms with Gasteiger partial charge in [0.25, 0.3) is 0 Å². The number of carbonyl (C=O) groups is 2. The van der Waals surface area contributed by atoms with Crippen molar-refractivity contribution in [3.8, 4) is 11.5 Å². The molecule has 0 N–H and O–H groups in total. The highest BCUT2D eigenvalue weighted by atomic mass is 32.1. The number of fused-ring (bicyclic) bond motifs is 1. The summed E-state index contributed by atoms with van der Waals surface area (Å²) in [4.78, 5) is 33.9. The van der Waals surface area contributed by atoms with Crippen molar-refractivity contribution in [2.45, 2.75) is 13.3 Å². The van der Waals surface area contributed by atoms with Crippen molar-refractivity contribution in [1.82, 2.24) is 4.98 Å². The summed E-state index contributed by atoms with van der Waals surface area (Å²) in [6.07, 6.45) is 0.175. The van der Waals surface area contributed by atoms with Gasteiger partial charge in [0.1, 0.15) is 0 Å². The Bertz CT molecular complexity index is 1060. The van der Waals surface area contributed by atoms with Gasteiger partial charge in [-0.15, -0.1) is 0 Å². The molecule has 0 aliphatic carbocycles. The Labute approximate surface area is 178 Å². The summed E-state index contributed by atoms with van der Waals surface area (Å²) in [7, 11) is 3.12. The maximum Gasteiger partial charge on any atom is 0.234 e. The van der Waals surface area contributed by atoms with Crippen LogP contribution in [-0.2, 0) is 9.59 Å². The molecule has 4 rings (SSSR count).